The second kappa shape index (κ2) is 5.95. The van der Waals surface area contributed by atoms with Crippen molar-refractivity contribution in [2.75, 3.05) is 20.6 Å². The first-order valence-electron chi connectivity index (χ1n) is 3.78. The molecule has 1 rings (SSSR count). The van der Waals surface area contributed by atoms with Gasteiger partial charge in [0.1, 0.15) is 0 Å². The summed E-state index contributed by atoms with van der Waals surface area (Å²) in [5, 5.41) is 0. The molecule has 0 aromatic rings. The lowest BCUT2D eigenvalue weighted by Crippen LogP contribution is -2.12. The van der Waals surface area contributed by atoms with Crippen molar-refractivity contribution in [3.05, 3.63) is 11.9 Å². The van der Waals surface area contributed by atoms with E-state index in [9.17, 15) is 0 Å². The molecule has 0 saturated heterocycles. The van der Waals surface area contributed by atoms with Crippen molar-refractivity contribution in [1.82, 2.24) is 4.90 Å². The van der Waals surface area contributed by atoms with Gasteiger partial charge in [-0.25, -0.2) is 0 Å². The molecule has 12 heavy (non-hydrogen) atoms. The zero-order chi connectivity index (χ0) is 8.10. The van der Waals surface area contributed by atoms with Gasteiger partial charge >= 0.3 is 0 Å². The third-order valence-electron chi connectivity index (χ3n) is 1.50. The molecule has 1 heterocycles. The van der Waals surface area contributed by atoms with Crippen LogP contribution in [-0.4, -0.2) is 31.5 Å². The lowest BCUT2D eigenvalue weighted by atomic mass is 10.2. The van der Waals surface area contributed by atoms with Gasteiger partial charge in [0.15, 0.2) is 0 Å². The molecule has 0 atom stereocenters. The Morgan fingerprint density at radius 3 is 2.75 bits per heavy atom. The SMILES string of the molecule is CN(C)CCCC1=CN=C=N1.Cl. The van der Waals surface area contributed by atoms with Crippen molar-refractivity contribution >= 4 is 18.4 Å². The summed E-state index contributed by atoms with van der Waals surface area (Å²) in [5.74, 6) is 0. The normalized spacial score (nSPS) is 13.4. The molecule has 0 bridgehead atoms. The predicted octanol–water partition coefficient (Wildman–Crippen LogP) is 1.78. The van der Waals surface area contributed by atoms with Crippen molar-refractivity contribution in [2.24, 2.45) is 9.98 Å². The van der Waals surface area contributed by atoms with E-state index in [1.165, 1.54) is 0 Å². The third kappa shape index (κ3) is 4.29. The van der Waals surface area contributed by atoms with E-state index in [0.717, 1.165) is 25.1 Å². The number of rotatable bonds is 4. The van der Waals surface area contributed by atoms with Crippen LogP contribution in [0.1, 0.15) is 12.8 Å². The second-order valence-electron chi connectivity index (χ2n) is 2.87. The second-order valence-corrected chi connectivity index (χ2v) is 2.87. The van der Waals surface area contributed by atoms with Crippen molar-refractivity contribution in [2.45, 2.75) is 12.8 Å². The molecule has 0 aromatic carbocycles. The fourth-order valence-corrected chi connectivity index (χ4v) is 0.922. The summed E-state index contributed by atoms with van der Waals surface area (Å²) in [7, 11) is 4.14. The molecule has 3 nitrogen and oxygen atoms in total. The highest BCUT2D eigenvalue weighted by Crippen LogP contribution is 2.08. The minimum atomic E-state index is 0. The molecule has 4 heteroatoms. The van der Waals surface area contributed by atoms with Crippen LogP contribution in [0.5, 0.6) is 0 Å². The van der Waals surface area contributed by atoms with E-state index in [4.69, 9.17) is 0 Å². The van der Waals surface area contributed by atoms with Gasteiger partial charge in [-0.1, -0.05) is 0 Å². The van der Waals surface area contributed by atoms with E-state index in [0.29, 0.717) is 0 Å². The minimum absolute atomic E-state index is 0. The molecule has 0 saturated carbocycles. The van der Waals surface area contributed by atoms with Crippen LogP contribution >= 0.6 is 12.4 Å². The van der Waals surface area contributed by atoms with Crippen LogP contribution in [0.25, 0.3) is 0 Å². The summed E-state index contributed by atoms with van der Waals surface area (Å²) in [6.07, 6.45) is 3.92. The first-order valence-corrected chi connectivity index (χ1v) is 3.78. The molecule has 0 aromatic heterocycles. The first kappa shape index (κ1) is 11.4. The van der Waals surface area contributed by atoms with Gasteiger partial charge in [-0.15, -0.1) is 12.4 Å². The highest BCUT2D eigenvalue weighted by atomic mass is 35.5. The molecule has 0 aliphatic carbocycles. The smallest absolute Gasteiger partial charge is 0.0996 e. The third-order valence-corrected chi connectivity index (χ3v) is 1.50. The minimum Gasteiger partial charge on any atom is -0.309 e. The van der Waals surface area contributed by atoms with Gasteiger partial charge in [0.05, 0.1) is 17.9 Å². The number of halogens is 1. The van der Waals surface area contributed by atoms with Crippen LogP contribution in [0.4, 0.5) is 0 Å². The average Bonchev–Trinajstić information content (AvgIpc) is 2.39. The topological polar surface area (TPSA) is 28.0 Å². The van der Waals surface area contributed by atoms with Gasteiger partial charge in [0.2, 0.25) is 0 Å². The van der Waals surface area contributed by atoms with E-state index in [2.05, 4.69) is 35.0 Å². The molecule has 1 aliphatic rings. The zero-order valence-electron chi connectivity index (χ0n) is 7.45. The van der Waals surface area contributed by atoms with Crippen molar-refractivity contribution in [3.8, 4) is 0 Å². The Morgan fingerprint density at radius 2 is 2.25 bits per heavy atom. The average molecular weight is 188 g/mol. The van der Waals surface area contributed by atoms with Crippen LogP contribution in [0, 0.1) is 0 Å². The van der Waals surface area contributed by atoms with Crippen molar-refractivity contribution < 1.29 is 0 Å². The van der Waals surface area contributed by atoms with Gasteiger partial charge in [-0.05, 0) is 33.5 Å². The lowest BCUT2D eigenvalue weighted by Gasteiger charge is -2.07. The highest BCUT2D eigenvalue weighted by Gasteiger charge is 1.97. The number of nitrogens with zero attached hydrogens (tertiary/aromatic N) is 3. The van der Waals surface area contributed by atoms with Gasteiger partial charge in [0, 0.05) is 0 Å². The summed E-state index contributed by atoms with van der Waals surface area (Å²) in [5.41, 5.74) is 1.05. The Kier molecular flexibility index (Phi) is 5.64. The van der Waals surface area contributed by atoms with Gasteiger partial charge < -0.3 is 4.90 Å². The summed E-state index contributed by atoms with van der Waals surface area (Å²) >= 11 is 0. The predicted molar refractivity (Wildman–Crippen MR) is 53.0 cm³/mol. The summed E-state index contributed by atoms with van der Waals surface area (Å²) in [6.45, 7) is 1.10. The molecular formula is C8H14ClN3. The molecule has 0 fully saturated rings. The summed E-state index contributed by atoms with van der Waals surface area (Å²) in [4.78, 5) is 9.90. The van der Waals surface area contributed by atoms with Crippen molar-refractivity contribution in [3.63, 3.8) is 0 Å². The monoisotopic (exact) mass is 187 g/mol. The van der Waals surface area contributed by atoms with Crippen LogP contribution in [-0.2, 0) is 0 Å². The number of hydrogen-bond acceptors (Lipinski definition) is 3. The Bertz CT molecular complexity index is 214. The molecule has 0 N–H and O–H groups in total. The standard InChI is InChI=1S/C8H13N3.ClH/c1-11(2)5-3-4-8-6-9-7-10-8;/h6H,3-5H2,1-2H3;1H. The Morgan fingerprint density at radius 1 is 1.50 bits per heavy atom. The molecule has 68 valence electrons. The fraction of sp³-hybridized carbons (Fsp3) is 0.625. The Hall–Kier alpha value is -0.630. The molecule has 0 radical (unpaired) electrons. The maximum atomic E-state index is 3.96. The molecule has 0 unspecified atom stereocenters. The fourth-order valence-electron chi connectivity index (χ4n) is 0.922. The first-order chi connectivity index (χ1) is 5.29. The molecule has 0 spiro atoms. The van der Waals surface area contributed by atoms with Crippen molar-refractivity contribution in [1.29, 1.82) is 0 Å². The van der Waals surface area contributed by atoms with E-state index in [-0.39, 0.29) is 12.4 Å². The Labute approximate surface area is 79.3 Å². The van der Waals surface area contributed by atoms with Crippen LogP contribution < -0.4 is 0 Å². The van der Waals surface area contributed by atoms with E-state index < -0.39 is 0 Å². The largest absolute Gasteiger partial charge is 0.309 e. The Balaban J connectivity index is 0.00000121. The van der Waals surface area contributed by atoms with Gasteiger partial charge in [-0.2, -0.15) is 9.98 Å². The lowest BCUT2D eigenvalue weighted by molar-refractivity contribution is 0.400. The maximum absolute atomic E-state index is 3.96. The quantitative estimate of drug-likeness (QED) is 0.660. The number of allylic oxidation sites excluding steroid dienone is 1. The number of hydrogen-bond donors (Lipinski definition) is 0. The van der Waals surface area contributed by atoms with E-state index >= 15 is 0 Å². The van der Waals surface area contributed by atoms with Crippen LogP contribution in [0.15, 0.2) is 21.9 Å². The number of aliphatic imine (C=N–C) groups is 2. The molecular weight excluding hydrogens is 174 g/mol. The molecule has 0 amide bonds. The van der Waals surface area contributed by atoms with E-state index in [1.807, 2.05) is 0 Å². The molecule has 1 aliphatic heterocycles. The van der Waals surface area contributed by atoms with Gasteiger partial charge in [-0.3, -0.25) is 0 Å². The van der Waals surface area contributed by atoms with Gasteiger partial charge in [0.25, 0.3) is 0 Å². The van der Waals surface area contributed by atoms with E-state index in [1.54, 1.807) is 6.20 Å². The summed E-state index contributed by atoms with van der Waals surface area (Å²) < 4.78 is 0. The highest BCUT2D eigenvalue weighted by molar-refractivity contribution is 5.85. The zero-order valence-corrected chi connectivity index (χ0v) is 8.27. The maximum Gasteiger partial charge on any atom is 0.0996 e. The van der Waals surface area contributed by atoms with Crippen LogP contribution in [0.3, 0.4) is 0 Å². The van der Waals surface area contributed by atoms with Crippen LogP contribution in [0.2, 0.25) is 0 Å². The summed E-state index contributed by atoms with van der Waals surface area (Å²) in [6, 6.07) is 2.55.